The van der Waals surface area contributed by atoms with Gasteiger partial charge < -0.3 is 15.0 Å². The standard InChI is InChI=1S/C24H23N3O2/c1-2-3-14-29-20-11-7-9-18(16-20)24(28)25-19-10-6-8-17(15-19)23-26-21-12-4-5-13-22(21)27-23/h4-13,15-16H,2-3,14H2,1H3,(H,25,28)(H,26,27). The van der Waals surface area contributed by atoms with Crippen molar-refractivity contribution >= 4 is 22.6 Å². The molecule has 0 aliphatic rings. The Hall–Kier alpha value is -3.60. The molecule has 0 atom stereocenters. The van der Waals surface area contributed by atoms with Crippen LogP contribution in [0.1, 0.15) is 30.1 Å². The molecule has 0 fully saturated rings. The summed E-state index contributed by atoms with van der Waals surface area (Å²) in [4.78, 5) is 20.6. The molecule has 0 unspecified atom stereocenters. The zero-order valence-corrected chi connectivity index (χ0v) is 16.3. The summed E-state index contributed by atoms with van der Waals surface area (Å²) in [7, 11) is 0. The van der Waals surface area contributed by atoms with Gasteiger partial charge in [-0.2, -0.15) is 0 Å². The van der Waals surface area contributed by atoms with Crippen LogP contribution >= 0.6 is 0 Å². The Morgan fingerprint density at radius 2 is 1.90 bits per heavy atom. The predicted octanol–water partition coefficient (Wildman–Crippen LogP) is 5.66. The van der Waals surface area contributed by atoms with Crippen molar-refractivity contribution in [3.63, 3.8) is 0 Å². The lowest BCUT2D eigenvalue weighted by molar-refractivity contribution is 0.102. The van der Waals surface area contributed by atoms with Crippen LogP contribution in [0.2, 0.25) is 0 Å². The van der Waals surface area contributed by atoms with Gasteiger partial charge in [-0.05, 0) is 48.9 Å². The van der Waals surface area contributed by atoms with Gasteiger partial charge in [0.05, 0.1) is 17.6 Å². The van der Waals surface area contributed by atoms with Crippen molar-refractivity contribution in [2.75, 3.05) is 11.9 Å². The van der Waals surface area contributed by atoms with Gasteiger partial charge in [-0.3, -0.25) is 4.79 Å². The van der Waals surface area contributed by atoms with E-state index < -0.39 is 0 Å². The molecule has 1 heterocycles. The van der Waals surface area contributed by atoms with Crippen LogP contribution in [0.15, 0.2) is 72.8 Å². The highest BCUT2D eigenvalue weighted by Gasteiger charge is 2.10. The van der Waals surface area contributed by atoms with Crippen molar-refractivity contribution in [2.24, 2.45) is 0 Å². The third-order valence-electron chi connectivity index (χ3n) is 4.65. The van der Waals surface area contributed by atoms with E-state index >= 15 is 0 Å². The topological polar surface area (TPSA) is 67.0 Å². The summed E-state index contributed by atoms with van der Waals surface area (Å²) in [5.41, 5.74) is 4.09. The van der Waals surface area contributed by atoms with E-state index in [0.29, 0.717) is 23.6 Å². The third kappa shape index (κ3) is 4.46. The van der Waals surface area contributed by atoms with Crippen molar-refractivity contribution in [1.29, 1.82) is 0 Å². The Kier molecular flexibility index (Phi) is 5.56. The molecule has 0 aliphatic carbocycles. The molecule has 4 aromatic rings. The Balaban J connectivity index is 1.50. The fourth-order valence-corrected chi connectivity index (χ4v) is 3.10. The Morgan fingerprint density at radius 3 is 2.76 bits per heavy atom. The van der Waals surface area contributed by atoms with E-state index in [1.54, 1.807) is 12.1 Å². The number of aromatic amines is 1. The summed E-state index contributed by atoms with van der Waals surface area (Å²) in [6, 6.07) is 22.8. The van der Waals surface area contributed by atoms with Crippen molar-refractivity contribution in [3.8, 4) is 17.1 Å². The number of rotatable bonds is 7. The lowest BCUT2D eigenvalue weighted by Crippen LogP contribution is -2.12. The smallest absolute Gasteiger partial charge is 0.255 e. The predicted molar refractivity (Wildman–Crippen MR) is 116 cm³/mol. The van der Waals surface area contributed by atoms with Crippen LogP contribution in [0.4, 0.5) is 5.69 Å². The quantitative estimate of drug-likeness (QED) is 0.403. The number of H-pyrrole nitrogens is 1. The summed E-state index contributed by atoms with van der Waals surface area (Å²) < 4.78 is 5.70. The van der Waals surface area contributed by atoms with Crippen LogP contribution in [0.5, 0.6) is 5.75 Å². The van der Waals surface area contributed by atoms with Gasteiger partial charge in [-0.25, -0.2) is 4.98 Å². The highest BCUT2D eigenvalue weighted by molar-refractivity contribution is 6.04. The van der Waals surface area contributed by atoms with Crippen LogP contribution in [0, 0.1) is 0 Å². The fraction of sp³-hybridized carbons (Fsp3) is 0.167. The zero-order chi connectivity index (χ0) is 20.1. The minimum atomic E-state index is -0.173. The van der Waals surface area contributed by atoms with Gasteiger partial charge in [0.1, 0.15) is 11.6 Å². The largest absolute Gasteiger partial charge is 0.494 e. The van der Waals surface area contributed by atoms with Crippen molar-refractivity contribution in [2.45, 2.75) is 19.8 Å². The molecule has 0 saturated carbocycles. The number of nitrogens with zero attached hydrogens (tertiary/aromatic N) is 1. The van der Waals surface area contributed by atoms with E-state index in [1.807, 2.05) is 60.7 Å². The average Bonchev–Trinajstić information content (AvgIpc) is 3.19. The van der Waals surface area contributed by atoms with Gasteiger partial charge in [-0.1, -0.05) is 43.7 Å². The van der Waals surface area contributed by atoms with Crippen LogP contribution in [0.3, 0.4) is 0 Å². The molecule has 3 aromatic carbocycles. The first kappa shape index (κ1) is 18.7. The summed E-state index contributed by atoms with van der Waals surface area (Å²) in [5, 5.41) is 2.96. The monoisotopic (exact) mass is 385 g/mol. The van der Waals surface area contributed by atoms with Gasteiger partial charge in [0, 0.05) is 16.8 Å². The van der Waals surface area contributed by atoms with E-state index in [0.717, 1.165) is 35.3 Å². The molecule has 0 radical (unpaired) electrons. The molecule has 1 amide bonds. The average molecular weight is 385 g/mol. The number of hydrogen-bond acceptors (Lipinski definition) is 3. The number of carbonyl (C=O) groups is 1. The Morgan fingerprint density at radius 1 is 1.03 bits per heavy atom. The van der Waals surface area contributed by atoms with Gasteiger partial charge in [0.25, 0.3) is 5.91 Å². The van der Waals surface area contributed by atoms with E-state index in [-0.39, 0.29) is 5.91 Å². The normalized spacial score (nSPS) is 10.8. The number of anilines is 1. The number of carbonyl (C=O) groups excluding carboxylic acids is 1. The lowest BCUT2D eigenvalue weighted by Gasteiger charge is -2.09. The van der Waals surface area contributed by atoms with Crippen molar-refractivity contribution in [1.82, 2.24) is 9.97 Å². The van der Waals surface area contributed by atoms with E-state index in [2.05, 4.69) is 22.2 Å². The first-order chi connectivity index (χ1) is 14.2. The highest BCUT2D eigenvalue weighted by atomic mass is 16.5. The number of ether oxygens (including phenoxy) is 1. The molecule has 2 N–H and O–H groups in total. The maximum absolute atomic E-state index is 12.7. The minimum Gasteiger partial charge on any atom is -0.494 e. The fourth-order valence-electron chi connectivity index (χ4n) is 3.10. The maximum atomic E-state index is 12.7. The molecule has 0 spiro atoms. The number of benzene rings is 3. The molecule has 146 valence electrons. The van der Waals surface area contributed by atoms with E-state index in [4.69, 9.17) is 4.74 Å². The summed E-state index contributed by atoms with van der Waals surface area (Å²) in [6.45, 7) is 2.77. The van der Waals surface area contributed by atoms with E-state index in [1.165, 1.54) is 0 Å². The van der Waals surface area contributed by atoms with Crippen LogP contribution < -0.4 is 10.1 Å². The Bertz CT molecular complexity index is 1100. The Labute approximate surface area is 169 Å². The second-order valence-electron chi connectivity index (χ2n) is 6.87. The number of fused-ring (bicyclic) bond motifs is 1. The molecule has 29 heavy (non-hydrogen) atoms. The molecule has 0 aliphatic heterocycles. The molecule has 0 saturated heterocycles. The van der Waals surface area contributed by atoms with Gasteiger partial charge in [0.15, 0.2) is 0 Å². The first-order valence-corrected chi connectivity index (χ1v) is 9.82. The number of nitrogens with one attached hydrogen (secondary N) is 2. The molecule has 0 bridgehead atoms. The number of imidazole rings is 1. The second-order valence-corrected chi connectivity index (χ2v) is 6.87. The van der Waals surface area contributed by atoms with E-state index in [9.17, 15) is 4.79 Å². The molecular weight excluding hydrogens is 362 g/mol. The maximum Gasteiger partial charge on any atom is 0.255 e. The number of aromatic nitrogens is 2. The third-order valence-corrected chi connectivity index (χ3v) is 4.65. The van der Waals surface area contributed by atoms with Crippen LogP contribution in [-0.4, -0.2) is 22.5 Å². The summed E-state index contributed by atoms with van der Waals surface area (Å²) in [6.07, 6.45) is 2.06. The number of unbranched alkanes of at least 4 members (excludes halogenated alkanes) is 1. The lowest BCUT2D eigenvalue weighted by atomic mass is 10.1. The van der Waals surface area contributed by atoms with Crippen molar-refractivity contribution < 1.29 is 9.53 Å². The van der Waals surface area contributed by atoms with Gasteiger partial charge >= 0.3 is 0 Å². The molecular formula is C24H23N3O2. The second kappa shape index (κ2) is 8.61. The van der Waals surface area contributed by atoms with Crippen LogP contribution in [-0.2, 0) is 0 Å². The first-order valence-electron chi connectivity index (χ1n) is 9.82. The SMILES string of the molecule is CCCCOc1cccc(C(=O)Nc2cccc(-c3nc4ccccc4[nH]3)c2)c1. The zero-order valence-electron chi connectivity index (χ0n) is 16.3. The number of amides is 1. The molecule has 5 heteroatoms. The van der Waals surface area contributed by atoms with Crippen molar-refractivity contribution in [3.05, 3.63) is 78.4 Å². The van der Waals surface area contributed by atoms with Crippen LogP contribution in [0.25, 0.3) is 22.4 Å². The minimum absolute atomic E-state index is 0.173. The number of para-hydroxylation sites is 2. The molecule has 4 rings (SSSR count). The summed E-state index contributed by atoms with van der Waals surface area (Å²) >= 11 is 0. The molecule has 5 nitrogen and oxygen atoms in total. The number of hydrogen-bond donors (Lipinski definition) is 2. The summed E-state index contributed by atoms with van der Waals surface area (Å²) in [5.74, 6) is 1.31. The van der Waals surface area contributed by atoms with Gasteiger partial charge in [-0.15, -0.1) is 0 Å². The highest BCUT2D eigenvalue weighted by Crippen LogP contribution is 2.23. The molecule has 1 aromatic heterocycles. The van der Waals surface area contributed by atoms with Gasteiger partial charge in [0.2, 0.25) is 0 Å².